The SMILES string of the molecule is Cc1nc2cc(C(=O)N3CCCC(C(=O)O)C3)ccc2n1-c1ccccc1. The van der Waals surface area contributed by atoms with Crippen molar-refractivity contribution >= 4 is 22.9 Å². The van der Waals surface area contributed by atoms with Crippen molar-refractivity contribution in [1.29, 1.82) is 0 Å². The van der Waals surface area contributed by atoms with Crippen LogP contribution < -0.4 is 0 Å². The van der Waals surface area contributed by atoms with E-state index >= 15 is 0 Å². The Morgan fingerprint density at radius 1 is 1.15 bits per heavy atom. The first-order valence-corrected chi connectivity index (χ1v) is 9.11. The third-order valence-electron chi connectivity index (χ3n) is 5.14. The molecule has 1 aliphatic heterocycles. The zero-order valence-corrected chi connectivity index (χ0v) is 15.1. The number of carbonyl (C=O) groups is 2. The van der Waals surface area contributed by atoms with Gasteiger partial charge in [0.15, 0.2) is 0 Å². The summed E-state index contributed by atoms with van der Waals surface area (Å²) in [5.41, 5.74) is 3.27. The molecule has 6 heteroatoms. The van der Waals surface area contributed by atoms with Crippen molar-refractivity contribution in [2.75, 3.05) is 13.1 Å². The summed E-state index contributed by atoms with van der Waals surface area (Å²) in [5.74, 6) is -0.592. The molecule has 0 radical (unpaired) electrons. The minimum Gasteiger partial charge on any atom is -0.481 e. The molecular formula is C21H21N3O3. The van der Waals surface area contributed by atoms with Crippen molar-refractivity contribution < 1.29 is 14.7 Å². The van der Waals surface area contributed by atoms with Gasteiger partial charge in [0.05, 0.1) is 17.0 Å². The minimum absolute atomic E-state index is 0.130. The van der Waals surface area contributed by atoms with Crippen molar-refractivity contribution in [3.8, 4) is 5.69 Å². The molecule has 2 aromatic carbocycles. The Balaban J connectivity index is 1.66. The van der Waals surface area contributed by atoms with Gasteiger partial charge in [-0.1, -0.05) is 18.2 Å². The second kappa shape index (κ2) is 6.87. The molecule has 0 spiro atoms. The maximum atomic E-state index is 12.9. The summed E-state index contributed by atoms with van der Waals surface area (Å²) in [6, 6.07) is 15.5. The van der Waals surface area contributed by atoms with E-state index in [2.05, 4.69) is 9.55 Å². The number of carboxylic acid groups (broad SMARTS) is 1. The molecule has 0 bridgehead atoms. The van der Waals surface area contributed by atoms with Crippen LogP contribution in [0.4, 0.5) is 0 Å². The van der Waals surface area contributed by atoms with Gasteiger partial charge >= 0.3 is 5.97 Å². The lowest BCUT2D eigenvalue weighted by Crippen LogP contribution is -2.42. The fraction of sp³-hybridized carbons (Fsp3) is 0.286. The number of benzene rings is 2. The van der Waals surface area contributed by atoms with Crippen molar-refractivity contribution in [3.63, 3.8) is 0 Å². The average molecular weight is 363 g/mol. The lowest BCUT2D eigenvalue weighted by Gasteiger charge is -2.30. The van der Waals surface area contributed by atoms with E-state index in [1.54, 1.807) is 17.0 Å². The Hall–Kier alpha value is -3.15. The fourth-order valence-electron chi connectivity index (χ4n) is 3.78. The van der Waals surface area contributed by atoms with Gasteiger partial charge in [0.2, 0.25) is 0 Å². The smallest absolute Gasteiger partial charge is 0.308 e. The highest BCUT2D eigenvalue weighted by Gasteiger charge is 2.28. The molecule has 27 heavy (non-hydrogen) atoms. The predicted octanol–water partition coefficient (Wildman–Crippen LogP) is 3.27. The number of amides is 1. The Kier molecular flexibility index (Phi) is 4.39. The first-order valence-electron chi connectivity index (χ1n) is 9.11. The topological polar surface area (TPSA) is 75.4 Å². The molecule has 0 saturated carbocycles. The van der Waals surface area contributed by atoms with Crippen LogP contribution >= 0.6 is 0 Å². The molecule has 1 N–H and O–H groups in total. The number of rotatable bonds is 3. The van der Waals surface area contributed by atoms with E-state index in [1.807, 2.05) is 43.3 Å². The molecule has 1 fully saturated rings. The molecule has 1 aliphatic rings. The molecule has 3 aromatic rings. The summed E-state index contributed by atoms with van der Waals surface area (Å²) in [6.45, 7) is 2.80. The van der Waals surface area contributed by atoms with E-state index in [0.29, 0.717) is 24.9 Å². The summed E-state index contributed by atoms with van der Waals surface area (Å²) < 4.78 is 2.06. The summed E-state index contributed by atoms with van der Waals surface area (Å²) >= 11 is 0. The summed E-state index contributed by atoms with van der Waals surface area (Å²) in [7, 11) is 0. The molecule has 1 atom stereocenters. The molecule has 0 aliphatic carbocycles. The van der Waals surface area contributed by atoms with E-state index in [9.17, 15) is 14.7 Å². The van der Waals surface area contributed by atoms with E-state index in [-0.39, 0.29) is 12.5 Å². The first kappa shape index (κ1) is 17.3. The quantitative estimate of drug-likeness (QED) is 0.775. The molecule has 1 saturated heterocycles. The lowest BCUT2D eigenvalue weighted by molar-refractivity contribution is -0.143. The van der Waals surface area contributed by atoms with Gasteiger partial charge in [0.1, 0.15) is 5.82 Å². The highest BCUT2D eigenvalue weighted by atomic mass is 16.4. The number of aromatic nitrogens is 2. The second-order valence-electron chi connectivity index (χ2n) is 6.96. The third kappa shape index (κ3) is 3.18. The van der Waals surface area contributed by atoms with Crippen LogP contribution in [-0.4, -0.2) is 44.5 Å². The zero-order chi connectivity index (χ0) is 19.0. The van der Waals surface area contributed by atoms with Crippen LogP contribution in [-0.2, 0) is 4.79 Å². The molecular weight excluding hydrogens is 342 g/mol. The van der Waals surface area contributed by atoms with E-state index < -0.39 is 11.9 Å². The zero-order valence-electron chi connectivity index (χ0n) is 15.1. The third-order valence-corrected chi connectivity index (χ3v) is 5.14. The molecule has 1 aromatic heterocycles. The number of piperidine rings is 1. The largest absolute Gasteiger partial charge is 0.481 e. The number of aliphatic carboxylic acids is 1. The number of hydrogen-bond acceptors (Lipinski definition) is 3. The molecule has 138 valence electrons. The van der Waals surface area contributed by atoms with Crippen LogP contribution in [0.25, 0.3) is 16.7 Å². The van der Waals surface area contributed by atoms with Crippen LogP contribution in [0.5, 0.6) is 0 Å². The summed E-state index contributed by atoms with van der Waals surface area (Å²) in [5, 5.41) is 9.24. The average Bonchev–Trinajstić information content (AvgIpc) is 3.03. The molecule has 4 rings (SSSR count). The number of nitrogens with zero attached hydrogens (tertiary/aromatic N) is 3. The molecule has 1 unspecified atom stereocenters. The van der Waals surface area contributed by atoms with Crippen molar-refractivity contribution in [2.45, 2.75) is 19.8 Å². The van der Waals surface area contributed by atoms with Crippen molar-refractivity contribution in [1.82, 2.24) is 14.5 Å². The van der Waals surface area contributed by atoms with Crippen molar-refractivity contribution in [3.05, 3.63) is 59.9 Å². The van der Waals surface area contributed by atoms with Gasteiger partial charge in [-0.3, -0.25) is 14.2 Å². The van der Waals surface area contributed by atoms with Gasteiger partial charge in [0, 0.05) is 24.3 Å². The summed E-state index contributed by atoms with van der Waals surface area (Å²) in [6.07, 6.45) is 1.34. The van der Waals surface area contributed by atoms with E-state index in [0.717, 1.165) is 22.5 Å². The number of carboxylic acids is 1. The Morgan fingerprint density at radius 3 is 2.67 bits per heavy atom. The van der Waals surface area contributed by atoms with Crippen molar-refractivity contribution in [2.24, 2.45) is 5.92 Å². The van der Waals surface area contributed by atoms with E-state index in [1.165, 1.54) is 0 Å². The number of imidazole rings is 1. The van der Waals surface area contributed by atoms with E-state index in [4.69, 9.17) is 0 Å². The Bertz CT molecular complexity index is 1010. The van der Waals surface area contributed by atoms with Crippen LogP contribution in [0, 0.1) is 12.8 Å². The Labute approximate surface area is 157 Å². The number of aryl methyl sites for hydroxylation is 1. The number of hydrogen-bond donors (Lipinski definition) is 1. The maximum absolute atomic E-state index is 12.9. The molecule has 2 heterocycles. The van der Waals surface area contributed by atoms with Crippen LogP contribution in [0.1, 0.15) is 29.0 Å². The molecule has 1 amide bonds. The Morgan fingerprint density at radius 2 is 1.93 bits per heavy atom. The predicted molar refractivity (Wildman–Crippen MR) is 102 cm³/mol. The number of para-hydroxylation sites is 1. The second-order valence-corrected chi connectivity index (χ2v) is 6.96. The van der Waals surface area contributed by atoms with Crippen LogP contribution in [0.3, 0.4) is 0 Å². The highest BCUT2D eigenvalue weighted by Crippen LogP contribution is 2.24. The van der Waals surface area contributed by atoms with Crippen LogP contribution in [0.2, 0.25) is 0 Å². The fourth-order valence-corrected chi connectivity index (χ4v) is 3.78. The highest BCUT2D eigenvalue weighted by molar-refractivity contribution is 5.98. The van der Waals surface area contributed by atoms with Crippen LogP contribution in [0.15, 0.2) is 48.5 Å². The van der Waals surface area contributed by atoms with Gasteiger partial charge < -0.3 is 10.0 Å². The minimum atomic E-state index is -0.833. The maximum Gasteiger partial charge on any atom is 0.308 e. The van der Waals surface area contributed by atoms with Gasteiger partial charge in [-0.15, -0.1) is 0 Å². The summed E-state index contributed by atoms with van der Waals surface area (Å²) in [4.78, 5) is 30.4. The first-order chi connectivity index (χ1) is 13.0. The lowest BCUT2D eigenvalue weighted by atomic mass is 9.97. The number of fused-ring (bicyclic) bond motifs is 1. The van der Waals surface area contributed by atoms with Gasteiger partial charge in [-0.25, -0.2) is 4.98 Å². The monoisotopic (exact) mass is 363 g/mol. The number of likely N-dealkylation sites (tertiary alicyclic amines) is 1. The van der Waals surface area contributed by atoms with Gasteiger partial charge in [-0.2, -0.15) is 0 Å². The standard InChI is InChI=1S/C21H21N3O3/c1-14-22-18-12-15(20(25)23-11-5-6-16(13-23)21(26)27)9-10-19(18)24(14)17-7-3-2-4-8-17/h2-4,7-10,12,16H,5-6,11,13H2,1H3,(H,26,27). The normalized spacial score (nSPS) is 17.2. The molecule has 6 nitrogen and oxygen atoms in total. The van der Waals surface area contributed by atoms with Gasteiger partial charge in [0.25, 0.3) is 5.91 Å². The van der Waals surface area contributed by atoms with Gasteiger partial charge in [-0.05, 0) is 50.1 Å². The number of carbonyl (C=O) groups excluding carboxylic acids is 1.